The van der Waals surface area contributed by atoms with E-state index in [1.165, 1.54) is 22.7 Å². The van der Waals surface area contributed by atoms with E-state index in [1.807, 2.05) is 30.3 Å². The van der Waals surface area contributed by atoms with Gasteiger partial charge in [-0.15, -0.1) is 10.2 Å². The van der Waals surface area contributed by atoms with Crippen molar-refractivity contribution in [3.8, 4) is 5.19 Å². The van der Waals surface area contributed by atoms with E-state index in [2.05, 4.69) is 25.4 Å². The summed E-state index contributed by atoms with van der Waals surface area (Å²) in [5.41, 5.74) is 2.07. The van der Waals surface area contributed by atoms with Gasteiger partial charge >= 0.3 is 0 Å². The Balaban J connectivity index is 0.962. The van der Waals surface area contributed by atoms with Crippen LogP contribution in [0.5, 0.6) is 5.19 Å². The van der Waals surface area contributed by atoms with Gasteiger partial charge in [0.25, 0.3) is 11.1 Å². The van der Waals surface area contributed by atoms with Gasteiger partial charge in [0, 0.05) is 30.9 Å². The molecule has 1 fully saturated rings. The van der Waals surface area contributed by atoms with Gasteiger partial charge in [0.05, 0.1) is 18.7 Å². The molecule has 3 aromatic rings. The van der Waals surface area contributed by atoms with Crippen LogP contribution in [0.15, 0.2) is 30.3 Å². The van der Waals surface area contributed by atoms with Crippen LogP contribution >= 0.6 is 22.7 Å². The van der Waals surface area contributed by atoms with Crippen LogP contribution in [0.1, 0.15) is 65.2 Å². The summed E-state index contributed by atoms with van der Waals surface area (Å²) in [6, 6.07) is 10.2. The molecule has 1 saturated carbocycles. The summed E-state index contributed by atoms with van der Waals surface area (Å²) in [5.74, 6) is -2.21. The van der Waals surface area contributed by atoms with Gasteiger partial charge in [0.1, 0.15) is 16.6 Å². The number of hydrogen-bond acceptors (Lipinski definition) is 9. The second-order valence-corrected chi connectivity index (χ2v) is 13.2. The van der Waals surface area contributed by atoms with Crippen LogP contribution in [0.25, 0.3) is 0 Å². The number of ether oxygens (including phenoxy) is 2. The molecule has 1 N–H and O–H groups in total. The van der Waals surface area contributed by atoms with Gasteiger partial charge in [-0.05, 0) is 56.6 Å². The zero-order chi connectivity index (χ0) is 28.7. The number of rotatable bonds is 13. The minimum Gasteiger partial charge on any atom is -0.464 e. The number of carbonyl (C=O) groups is 1. The number of thiazole rings is 1. The molecule has 12 heteroatoms. The predicted octanol–water partition coefficient (Wildman–Crippen LogP) is 5.41. The maximum absolute atomic E-state index is 13.1. The van der Waals surface area contributed by atoms with Gasteiger partial charge in [-0.1, -0.05) is 53.0 Å². The van der Waals surface area contributed by atoms with Crippen molar-refractivity contribution in [3.63, 3.8) is 0 Å². The number of amides is 1. The molecule has 0 saturated heterocycles. The van der Waals surface area contributed by atoms with Gasteiger partial charge in [0.2, 0.25) is 5.91 Å². The molecule has 1 amide bonds. The number of alkyl halides is 2. The van der Waals surface area contributed by atoms with Crippen LogP contribution in [0.3, 0.4) is 0 Å². The molecule has 0 unspecified atom stereocenters. The first-order chi connectivity index (χ1) is 19.8. The van der Waals surface area contributed by atoms with E-state index in [-0.39, 0.29) is 18.4 Å². The number of hydrogen-bond donors (Lipinski definition) is 1. The molecule has 222 valence electrons. The summed E-state index contributed by atoms with van der Waals surface area (Å²) in [6.07, 6.45) is 6.43. The number of fused-ring (bicyclic) bond motifs is 1. The van der Waals surface area contributed by atoms with Crippen LogP contribution in [-0.4, -0.2) is 57.6 Å². The van der Waals surface area contributed by atoms with Crippen LogP contribution in [-0.2, 0) is 42.1 Å². The number of nitrogens with zero attached hydrogens (tertiary/aromatic N) is 4. The molecule has 1 aliphatic carbocycles. The van der Waals surface area contributed by atoms with E-state index in [0.717, 1.165) is 86.2 Å². The van der Waals surface area contributed by atoms with Crippen molar-refractivity contribution >= 4 is 28.6 Å². The Morgan fingerprint density at radius 1 is 1.10 bits per heavy atom. The Morgan fingerprint density at radius 3 is 2.66 bits per heavy atom. The monoisotopic (exact) mass is 605 g/mol. The third kappa shape index (κ3) is 9.49. The highest BCUT2D eigenvalue weighted by Gasteiger charge is 2.27. The van der Waals surface area contributed by atoms with Crippen molar-refractivity contribution in [2.24, 2.45) is 5.92 Å². The molecule has 1 aromatic carbocycles. The number of nitrogens with one attached hydrogen (secondary N) is 1. The first-order valence-electron chi connectivity index (χ1n) is 14.2. The number of aromatic nitrogens is 3. The molecular weight excluding hydrogens is 568 g/mol. The number of carbonyl (C=O) groups excluding carboxylic acids is 1. The Hall–Kier alpha value is -2.54. The topological polar surface area (TPSA) is 89.5 Å². The lowest BCUT2D eigenvalue weighted by atomic mass is 9.84. The largest absolute Gasteiger partial charge is 0.464 e. The Kier molecular flexibility index (Phi) is 10.3. The fourth-order valence-electron chi connectivity index (χ4n) is 5.30. The SMILES string of the molecule is CC(F)(F)COc1nc2c(s1)CCN(CC[C@H]1CC[C@H](NC(=O)Cc3nnc(COCc4ccccc4)s3)CC1)C2. The Bertz CT molecular complexity index is 1260. The second kappa shape index (κ2) is 14.1. The predicted molar refractivity (Wildman–Crippen MR) is 154 cm³/mol. The second-order valence-electron chi connectivity index (χ2n) is 11.1. The van der Waals surface area contributed by atoms with Crippen LogP contribution in [0.4, 0.5) is 8.78 Å². The fourth-order valence-corrected chi connectivity index (χ4v) is 6.98. The molecule has 41 heavy (non-hydrogen) atoms. The Morgan fingerprint density at radius 2 is 1.88 bits per heavy atom. The minimum atomic E-state index is -2.86. The third-order valence-electron chi connectivity index (χ3n) is 7.46. The smallest absolute Gasteiger partial charge is 0.278 e. The first-order valence-corrected chi connectivity index (χ1v) is 15.9. The molecule has 2 aliphatic rings. The molecule has 0 spiro atoms. The lowest BCUT2D eigenvalue weighted by Crippen LogP contribution is -2.39. The van der Waals surface area contributed by atoms with Gasteiger partial charge < -0.3 is 14.8 Å². The summed E-state index contributed by atoms with van der Waals surface area (Å²) in [7, 11) is 0. The highest BCUT2D eigenvalue weighted by molar-refractivity contribution is 7.13. The minimum absolute atomic E-state index is 0.000239. The van der Waals surface area contributed by atoms with E-state index in [9.17, 15) is 13.6 Å². The molecule has 0 radical (unpaired) electrons. The number of halogens is 2. The van der Waals surface area contributed by atoms with Gasteiger partial charge in [-0.3, -0.25) is 9.69 Å². The van der Waals surface area contributed by atoms with Gasteiger partial charge in [0.15, 0.2) is 6.61 Å². The van der Waals surface area contributed by atoms with Crippen molar-refractivity contribution in [2.45, 2.75) is 83.6 Å². The highest BCUT2D eigenvalue weighted by atomic mass is 32.1. The summed E-state index contributed by atoms with van der Waals surface area (Å²) >= 11 is 2.82. The van der Waals surface area contributed by atoms with Crippen molar-refractivity contribution in [2.75, 3.05) is 19.7 Å². The van der Waals surface area contributed by atoms with Gasteiger partial charge in [-0.2, -0.15) is 0 Å². The zero-order valence-electron chi connectivity index (χ0n) is 23.3. The van der Waals surface area contributed by atoms with E-state index < -0.39 is 12.5 Å². The lowest BCUT2D eigenvalue weighted by Gasteiger charge is -2.31. The molecule has 0 bridgehead atoms. The molecule has 3 heterocycles. The van der Waals surface area contributed by atoms with Crippen LogP contribution in [0.2, 0.25) is 0 Å². The summed E-state index contributed by atoms with van der Waals surface area (Å²) < 4.78 is 37.1. The fraction of sp³-hybridized carbons (Fsp3) is 0.586. The number of benzene rings is 1. The molecule has 5 rings (SSSR count). The van der Waals surface area contributed by atoms with Crippen molar-refractivity contribution in [1.82, 2.24) is 25.4 Å². The normalized spacial score (nSPS) is 19.6. The standard InChI is InChI=1S/C29H37F2N5O3S2/c1-29(30,31)19-39-28-33-23-16-36(14-12-24(23)40-28)13-11-20-7-9-22(10-8-20)32-25(37)15-26-34-35-27(41-26)18-38-17-21-5-3-2-4-6-21/h2-6,20,22H,7-19H2,1H3,(H,32,37)/t20-,22-. The quantitative estimate of drug-likeness (QED) is 0.279. The molecule has 8 nitrogen and oxygen atoms in total. The maximum Gasteiger partial charge on any atom is 0.278 e. The third-order valence-corrected chi connectivity index (χ3v) is 9.43. The summed E-state index contributed by atoms with van der Waals surface area (Å²) in [4.78, 5) is 20.6. The van der Waals surface area contributed by atoms with E-state index in [1.54, 1.807) is 0 Å². The lowest BCUT2D eigenvalue weighted by molar-refractivity contribution is -0.121. The highest BCUT2D eigenvalue weighted by Crippen LogP contribution is 2.32. The molecule has 2 aromatic heterocycles. The van der Waals surface area contributed by atoms with Gasteiger partial charge in [-0.25, -0.2) is 13.8 Å². The van der Waals surface area contributed by atoms with E-state index in [0.29, 0.717) is 29.3 Å². The molecule has 1 aliphatic heterocycles. The van der Waals surface area contributed by atoms with E-state index >= 15 is 0 Å². The first kappa shape index (κ1) is 29.9. The average molecular weight is 606 g/mol. The average Bonchev–Trinajstić information content (AvgIpc) is 3.57. The summed E-state index contributed by atoms with van der Waals surface area (Å²) in [6.45, 7) is 3.81. The molecule has 0 atom stereocenters. The Labute approximate surface area is 247 Å². The van der Waals surface area contributed by atoms with Crippen molar-refractivity contribution < 1.29 is 23.0 Å². The van der Waals surface area contributed by atoms with Crippen molar-refractivity contribution in [1.29, 1.82) is 0 Å². The van der Waals surface area contributed by atoms with E-state index in [4.69, 9.17) is 9.47 Å². The summed E-state index contributed by atoms with van der Waals surface area (Å²) in [5, 5.41) is 13.4. The zero-order valence-corrected chi connectivity index (χ0v) is 25.0. The molecular formula is C29H37F2N5O3S2. The van der Waals surface area contributed by atoms with Crippen LogP contribution in [0, 0.1) is 5.92 Å². The maximum atomic E-state index is 13.1. The van der Waals surface area contributed by atoms with Crippen molar-refractivity contribution in [3.05, 3.63) is 56.5 Å². The van der Waals surface area contributed by atoms with Crippen LogP contribution < -0.4 is 10.1 Å².